The van der Waals surface area contributed by atoms with E-state index in [4.69, 9.17) is 25.8 Å². The number of nitrogens with one attached hydrogen (secondary N) is 2. The van der Waals surface area contributed by atoms with E-state index in [2.05, 4.69) is 10.0 Å². The molecule has 2 N–H and O–H groups in total. The van der Waals surface area contributed by atoms with Crippen LogP contribution in [0.2, 0.25) is 5.02 Å². The van der Waals surface area contributed by atoms with Crippen molar-refractivity contribution in [3.8, 4) is 17.2 Å². The van der Waals surface area contributed by atoms with Crippen molar-refractivity contribution in [2.45, 2.75) is 30.4 Å². The van der Waals surface area contributed by atoms with Crippen molar-refractivity contribution in [1.82, 2.24) is 4.72 Å². The minimum Gasteiger partial charge on any atom is -0.497 e. The van der Waals surface area contributed by atoms with Crippen LogP contribution in [0, 0.1) is 0 Å². The van der Waals surface area contributed by atoms with E-state index in [0.29, 0.717) is 33.3 Å². The maximum atomic E-state index is 13.5. The lowest BCUT2D eigenvalue weighted by Gasteiger charge is -2.18. The van der Waals surface area contributed by atoms with Gasteiger partial charge in [-0.3, -0.25) is 4.79 Å². The summed E-state index contributed by atoms with van der Waals surface area (Å²) in [6.45, 7) is -0.0166. The highest BCUT2D eigenvalue weighted by molar-refractivity contribution is 7.99. The molecule has 1 atom stereocenters. The molecule has 0 unspecified atom stereocenters. The summed E-state index contributed by atoms with van der Waals surface area (Å²) < 4.78 is 46.3. The highest BCUT2D eigenvalue weighted by Crippen LogP contribution is 2.32. The molecule has 1 heterocycles. The van der Waals surface area contributed by atoms with E-state index in [1.165, 1.54) is 13.2 Å². The molecule has 3 aromatic carbocycles. The summed E-state index contributed by atoms with van der Waals surface area (Å²) >= 11 is 7.94. The largest absolute Gasteiger partial charge is 0.497 e. The van der Waals surface area contributed by atoms with Gasteiger partial charge < -0.3 is 19.5 Å². The molecule has 1 aliphatic rings. The Bertz CT molecular complexity index is 1390. The van der Waals surface area contributed by atoms with Gasteiger partial charge >= 0.3 is 0 Å². The van der Waals surface area contributed by atoms with Gasteiger partial charge in [-0.1, -0.05) is 35.9 Å². The number of methoxy groups -OCH3 is 2. The minimum absolute atomic E-state index is 0.0166. The van der Waals surface area contributed by atoms with Gasteiger partial charge in [0.1, 0.15) is 28.2 Å². The molecule has 1 aliphatic heterocycles. The molecular weight excluding hydrogens is 548 g/mol. The molecule has 0 spiro atoms. The number of carbonyl (C=O) groups excluding carboxylic acids is 1. The van der Waals surface area contributed by atoms with E-state index >= 15 is 0 Å². The van der Waals surface area contributed by atoms with Crippen molar-refractivity contribution in [2.24, 2.45) is 0 Å². The maximum absolute atomic E-state index is 13.5. The van der Waals surface area contributed by atoms with E-state index < -0.39 is 10.0 Å². The first-order valence-electron chi connectivity index (χ1n) is 11.9. The number of amides is 1. The van der Waals surface area contributed by atoms with Crippen LogP contribution < -0.4 is 24.2 Å². The Kier molecular flexibility index (Phi) is 9.43. The van der Waals surface area contributed by atoms with E-state index in [0.717, 1.165) is 17.9 Å². The number of halogens is 1. The van der Waals surface area contributed by atoms with Gasteiger partial charge in [0.05, 0.1) is 20.6 Å². The van der Waals surface area contributed by atoms with Gasteiger partial charge in [0.2, 0.25) is 15.9 Å². The van der Waals surface area contributed by atoms with Gasteiger partial charge in [-0.15, -0.1) is 0 Å². The molecule has 11 heteroatoms. The van der Waals surface area contributed by atoms with Gasteiger partial charge in [0, 0.05) is 34.6 Å². The summed E-state index contributed by atoms with van der Waals surface area (Å²) in [4.78, 5) is 12.6. The van der Waals surface area contributed by atoms with Crippen molar-refractivity contribution < 1.29 is 27.4 Å². The average molecular weight is 577 g/mol. The Morgan fingerprint density at radius 3 is 2.55 bits per heavy atom. The zero-order chi connectivity index (χ0) is 27.1. The molecule has 0 radical (unpaired) electrons. The summed E-state index contributed by atoms with van der Waals surface area (Å²) in [6, 6.07) is 16.8. The molecule has 0 aromatic heterocycles. The second-order valence-electron chi connectivity index (χ2n) is 8.58. The zero-order valence-corrected chi connectivity index (χ0v) is 23.4. The normalized spacial score (nSPS) is 15.2. The van der Waals surface area contributed by atoms with Crippen LogP contribution in [-0.2, 0) is 27.8 Å². The molecule has 4 rings (SSSR count). The van der Waals surface area contributed by atoms with E-state index in [9.17, 15) is 13.2 Å². The van der Waals surface area contributed by atoms with Crippen LogP contribution in [0.25, 0.3) is 0 Å². The van der Waals surface area contributed by atoms with Gasteiger partial charge in [0.25, 0.3) is 0 Å². The van der Waals surface area contributed by atoms with E-state index in [1.807, 2.05) is 0 Å². The number of sulfonamides is 1. The quantitative estimate of drug-likeness (QED) is 0.335. The van der Waals surface area contributed by atoms with Crippen molar-refractivity contribution in [1.29, 1.82) is 0 Å². The van der Waals surface area contributed by atoms with Crippen molar-refractivity contribution in [3.05, 3.63) is 76.8 Å². The van der Waals surface area contributed by atoms with Crippen LogP contribution in [0.5, 0.6) is 17.2 Å². The number of hydrogen-bond acceptors (Lipinski definition) is 7. The molecule has 202 valence electrons. The third-order valence-electron chi connectivity index (χ3n) is 5.95. The third kappa shape index (κ3) is 7.13. The fraction of sp³-hybridized carbons (Fsp3) is 0.296. The number of benzene rings is 3. The van der Waals surface area contributed by atoms with Gasteiger partial charge in [-0.25, -0.2) is 13.1 Å². The molecule has 38 heavy (non-hydrogen) atoms. The summed E-state index contributed by atoms with van der Waals surface area (Å²) in [5, 5.41) is 3.26. The molecule has 1 amide bonds. The minimum atomic E-state index is -4.04. The lowest BCUT2D eigenvalue weighted by atomic mass is 10.1. The monoisotopic (exact) mass is 576 g/mol. The fourth-order valence-corrected chi connectivity index (χ4v) is 6.41. The van der Waals surface area contributed by atoms with Gasteiger partial charge in [0.15, 0.2) is 0 Å². The zero-order valence-electron chi connectivity index (χ0n) is 21.0. The number of ether oxygens (including phenoxy) is 3. The van der Waals surface area contributed by atoms with Crippen molar-refractivity contribution in [2.75, 3.05) is 31.0 Å². The lowest BCUT2D eigenvalue weighted by molar-refractivity contribution is -0.115. The van der Waals surface area contributed by atoms with Crippen LogP contribution in [0.1, 0.15) is 17.5 Å². The Labute approximate surface area is 232 Å². The Balaban J connectivity index is 1.57. The second kappa shape index (κ2) is 12.8. The summed E-state index contributed by atoms with van der Waals surface area (Å²) in [5.41, 5.74) is 1.64. The number of hydrogen-bond donors (Lipinski definition) is 2. The molecule has 0 bridgehead atoms. The topological polar surface area (TPSA) is 103 Å². The highest BCUT2D eigenvalue weighted by atomic mass is 35.5. The van der Waals surface area contributed by atoms with Crippen molar-refractivity contribution in [3.63, 3.8) is 0 Å². The van der Waals surface area contributed by atoms with Gasteiger partial charge in [-0.2, -0.15) is 11.8 Å². The smallest absolute Gasteiger partial charge is 0.244 e. The third-order valence-corrected chi connectivity index (χ3v) is 8.88. The summed E-state index contributed by atoms with van der Waals surface area (Å²) in [6.07, 6.45) is 0.794. The number of carbonyl (C=O) groups is 1. The first kappa shape index (κ1) is 28.1. The first-order valence-corrected chi connectivity index (χ1v) is 14.9. The molecule has 0 saturated carbocycles. The molecule has 0 aliphatic carbocycles. The number of thioether (sulfide) groups is 1. The van der Waals surface area contributed by atoms with Crippen LogP contribution in [0.15, 0.2) is 65.6 Å². The predicted molar refractivity (Wildman–Crippen MR) is 150 cm³/mol. The van der Waals surface area contributed by atoms with Crippen LogP contribution in [-0.4, -0.2) is 46.2 Å². The molecule has 1 saturated heterocycles. The molecule has 8 nitrogen and oxygen atoms in total. The van der Waals surface area contributed by atoms with Crippen LogP contribution >= 0.6 is 23.4 Å². The second-order valence-corrected chi connectivity index (χ2v) is 11.9. The maximum Gasteiger partial charge on any atom is 0.244 e. The Morgan fingerprint density at radius 2 is 1.84 bits per heavy atom. The Hall–Kier alpha value is -2.92. The fourth-order valence-electron chi connectivity index (χ4n) is 3.95. The van der Waals surface area contributed by atoms with Crippen molar-refractivity contribution >= 4 is 45.0 Å². The molecule has 1 fully saturated rings. The first-order chi connectivity index (χ1) is 18.3. The summed E-state index contributed by atoms with van der Waals surface area (Å²) in [5.74, 6) is 2.74. The predicted octanol–water partition coefficient (Wildman–Crippen LogP) is 4.90. The number of rotatable bonds is 11. The molecule has 3 aromatic rings. The standard InChI is InChI=1S/C27H29ClN2O6S2/c1-34-21-9-7-19(25(15-21)35-2)16-29-38(32,33)26-14-20(8-10-24(26)36-22-11-12-37-17-22)30-27(31)13-18-5-3-4-6-23(18)28/h3-10,14-15,22,29H,11-13,16-17H2,1-2H3,(H,30,31)/t22-/m0/s1. The van der Waals surface area contributed by atoms with E-state index in [1.54, 1.807) is 73.5 Å². The lowest BCUT2D eigenvalue weighted by Crippen LogP contribution is -2.25. The molecular formula is C27H29ClN2O6S2. The highest BCUT2D eigenvalue weighted by Gasteiger charge is 2.25. The Morgan fingerprint density at radius 1 is 1.03 bits per heavy atom. The van der Waals surface area contributed by atoms with Gasteiger partial charge in [-0.05, 0) is 48.1 Å². The van der Waals surface area contributed by atoms with E-state index in [-0.39, 0.29) is 35.6 Å². The SMILES string of the molecule is COc1ccc(CNS(=O)(=O)c2cc(NC(=O)Cc3ccccc3Cl)ccc2O[C@H]2CCSC2)c(OC)c1. The average Bonchev–Trinajstić information content (AvgIpc) is 3.42. The summed E-state index contributed by atoms with van der Waals surface area (Å²) in [7, 11) is -0.986. The van der Waals surface area contributed by atoms with Crippen LogP contribution in [0.3, 0.4) is 0 Å². The number of anilines is 1. The van der Waals surface area contributed by atoms with Crippen LogP contribution in [0.4, 0.5) is 5.69 Å².